The SMILES string of the molecule is CNCCCC(=O)NC(C)c1ccc(NC(N)=O)cc1. The minimum absolute atomic E-state index is 0.0343. The number of urea groups is 1. The van der Waals surface area contributed by atoms with E-state index in [9.17, 15) is 9.59 Å². The molecule has 110 valence electrons. The molecule has 0 aromatic heterocycles. The Hall–Kier alpha value is -2.08. The highest BCUT2D eigenvalue weighted by Gasteiger charge is 2.09. The minimum atomic E-state index is -0.594. The molecular formula is C14H22N4O2. The van der Waals surface area contributed by atoms with Crippen molar-refractivity contribution in [1.82, 2.24) is 10.6 Å². The molecule has 1 unspecified atom stereocenters. The number of nitrogens with two attached hydrogens (primary N) is 1. The van der Waals surface area contributed by atoms with Crippen LogP contribution in [0.2, 0.25) is 0 Å². The molecule has 1 atom stereocenters. The van der Waals surface area contributed by atoms with E-state index in [0.717, 1.165) is 18.5 Å². The average Bonchev–Trinajstić information content (AvgIpc) is 2.39. The second-order valence-corrected chi connectivity index (χ2v) is 4.61. The van der Waals surface area contributed by atoms with Crippen molar-refractivity contribution in [2.75, 3.05) is 18.9 Å². The predicted octanol–water partition coefficient (Wildman–Crippen LogP) is 1.35. The van der Waals surface area contributed by atoms with Crippen LogP contribution in [-0.2, 0) is 4.79 Å². The molecule has 0 radical (unpaired) electrons. The lowest BCUT2D eigenvalue weighted by Crippen LogP contribution is -2.27. The summed E-state index contributed by atoms with van der Waals surface area (Å²) in [5, 5.41) is 8.43. The van der Waals surface area contributed by atoms with E-state index in [1.54, 1.807) is 12.1 Å². The summed E-state index contributed by atoms with van der Waals surface area (Å²) in [6.45, 7) is 2.75. The third-order valence-corrected chi connectivity index (χ3v) is 2.89. The zero-order chi connectivity index (χ0) is 15.0. The molecule has 0 saturated heterocycles. The summed E-state index contributed by atoms with van der Waals surface area (Å²) >= 11 is 0. The van der Waals surface area contributed by atoms with E-state index in [4.69, 9.17) is 5.73 Å². The number of anilines is 1. The van der Waals surface area contributed by atoms with Crippen molar-refractivity contribution < 1.29 is 9.59 Å². The van der Waals surface area contributed by atoms with E-state index in [1.165, 1.54) is 0 Å². The molecule has 0 aliphatic heterocycles. The highest BCUT2D eigenvalue weighted by molar-refractivity contribution is 5.87. The Balaban J connectivity index is 2.48. The van der Waals surface area contributed by atoms with Gasteiger partial charge in [0.15, 0.2) is 0 Å². The number of carbonyl (C=O) groups is 2. The number of nitrogens with one attached hydrogen (secondary N) is 3. The number of hydrogen-bond donors (Lipinski definition) is 4. The Morgan fingerprint density at radius 3 is 2.45 bits per heavy atom. The monoisotopic (exact) mass is 278 g/mol. The van der Waals surface area contributed by atoms with Crippen LogP contribution in [0.15, 0.2) is 24.3 Å². The third-order valence-electron chi connectivity index (χ3n) is 2.89. The number of carbonyl (C=O) groups excluding carboxylic acids is 2. The quantitative estimate of drug-likeness (QED) is 0.567. The highest BCUT2D eigenvalue weighted by Crippen LogP contribution is 2.16. The number of benzene rings is 1. The van der Waals surface area contributed by atoms with E-state index >= 15 is 0 Å². The van der Waals surface area contributed by atoms with E-state index in [-0.39, 0.29) is 11.9 Å². The van der Waals surface area contributed by atoms with Crippen LogP contribution < -0.4 is 21.7 Å². The molecule has 0 spiro atoms. The van der Waals surface area contributed by atoms with Crippen molar-refractivity contribution in [1.29, 1.82) is 0 Å². The molecule has 0 aliphatic rings. The highest BCUT2D eigenvalue weighted by atomic mass is 16.2. The van der Waals surface area contributed by atoms with Crippen LogP contribution in [-0.4, -0.2) is 25.5 Å². The van der Waals surface area contributed by atoms with Crippen molar-refractivity contribution >= 4 is 17.6 Å². The van der Waals surface area contributed by atoms with Crippen LogP contribution in [0.5, 0.6) is 0 Å². The average molecular weight is 278 g/mol. The molecule has 0 heterocycles. The van der Waals surface area contributed by atoms with Gasteiger partial charge in [0.2, 0.25) is 5.91 Å². The molecular weight excluding hydrogens is 256 g/mol. The van der Waals surface area contributed by atoms with Crippen LogP contribution in [0, 0.1) is 0 Å². The Morgan fingerprint density at radius 1 is 1.25 bits per heavy atom. The lowest BCUT2D eigenvalue weighted by Gasteiger charge is -2.15. The fourth-order valence-electron chi connectivity index (χ4n) is 1.82. The molecule has 3 amide bonds. The summed E-state index contributed by atoms with van der Waals surface area (Å²) in [6, 6.07) is 6.55. The summed E-state index contributed by atoms with van der Waals surface area (Å²) in [5.74, 6) is 0.0343. The second kappa shape index (κ2) is 8.16. The lowest BCUT2D eigenvalue weighted by atomic mass is 10.1. The molecule has 5 N–H and O–H groups in total. The molecule has 1 aromatic carbocycles. The number of hydrogen-bond acceptors (Lipinski definition) is 3. The van der Waals surface area contributed by atoms with E-state index < -0.39 is 6.03 Å². The van der Waals surface area contributed by atoms with E-state index in [0.29, 0.717) is 12.1 Å². The lowest BCUT2D eigenvalue weighted by molar-refractivity contribution is -0.121. The molecule has 6 heteroatoms. The summed E-state index contributed by atoms with van der Waals surface area (Å²) in [5.41, 5.74) is 6.64. The normalized spacial score (nSPS) is 11.7. The van der Waals surface area contributed by atoms with Gasteiger partial charge >= 0.3 is 6.03 Å². The molecule has 0 saturated carbocycles. The minimum Gasteiger partial charge on any atom is -0.351 e. The molecule has 0 aliphatic carbocycles. The summed E-state index contributed by atoms with van der Waals surface area (Å²) in [4.78, 5) is 22.4. The third kappa shape index (κ3) is 5.71. The topological polar surface area (TPSA) is 96.2 Å². The van der Waals surface area contributed by atoms with Crippen LogP contribution >= 0.6 is 0 Å². The number of primary amides is 1. The maximum Gasteiger partial charge on any atom is 0.316 e. The van der Waals surface area contributed by atoms with Gasteiger partial charge in [-0.25, -0.2) is 4.79 Å². The Bertz CT molecular complexity index is 445. The summed E-state index contributed by atoms with van der Waals surface area (Å²) < 4.78 is 0. The van der Waals surface area contributed by atoms with Gasteiger partial charge in [-0.2, -0.15) is 0 Å². The molecule has 20 heavy (non-hydrogen) atoms. The standard InChI is InChI=1S/C14H22N4O2/c1-10(17-13(19)4-3-9-16-2)11-5-7-12(8-6-11)18-14(15)20/h5-8,10,16H,3-4,9H2,1-2H3,(H,17,19)(H3,15,18,20). The Kier molecular flexibility index (Phi) is 6.52. The maximum absolute atomic E-state index is 11.7. The largest absolute Gasteiger partial charge is 0.351 e. The van der Waals surface area contributed by atoms with Crippen molar-refractivity contribution in [3.63, 3.8) is 0 Å². The first-order chi connectivity index (χ1) is 9.52. The maximum atomic E-state index is 11.7. The van der Waals surface area contributed by atoms with Gasteiger partial charge in [0, 0.05) is 12.1 Å². The van der Waals surface area contributed by atoms with Gasteiger partial charge in [0.25, 0.3) is 0 Å². The second-order valence-electron chi connectivity index (χ2n) is 4.61. The first kappa shape index (κ1) is 16.0. The van der Waals surface area contributed by atoms with Crippen LogP contribution in [0.4, 0.5) is 10.5 Å². The van der Waals surface area contributed by atoms with E-state index in [1.807, 2.05) is 26.1 Å². The predicted molar refractivity (Wildman–Crippen MR) is 79.4 cm³/mol. The molecule has 1 rings (SSSR count). The van der Waals surface area contributed by atoms with Gasteiger partial charge < -0.3 is 21.7 Å². The van der Waals surface area contributed by atoms with Crippen LogP contribution in [0.1, 0.15) is 31.4 Å². The number of rotatable bonds is 7. The summed E-state index contributed by atoms with van der Waals surface area (Å²) in [6.07, 6.45) is 1.32. The van der Waals surface area contributed by atoms with Gasteiger partial charge in [0.05, 0.1) is 6.04 Å². The Morgan fingerprint density at radius 2 is 1.90 bits per heavy atom. The van der Waals surface area contributed by atoms with Gasteiger partial charge in [-0.15, -0.1) is 0 Å². The van der Waals surface area contributed by atoms with E-state index in [2.05, 4.69) is 16.0 Å². The fourth-order valence-corrected chi connectivity index (χ4v) is 1.82. The van der Waals surface area contributed by atoms with Crippen molar-refractivity contribution in [3.8, 4) is 0 Å². The molecule has 0 bridgehead atoms. The first-order valence-electron chi connectivity index (χ1n) is 6.63. The first-order valence-corrected chi connectivity index (χ1v) is 6.63. The van der Waals surface area contributed by atoms with Crippen molar-refractivity contribution in [2.45, 2.75) is 25.8 Å². The number of amides is 3. The summed E-state index contributed by atoms with van der Waals surface area (Å²) in [7, 11) is 1.86. The van der Waals surface area contributed by atoms with Gasteiger partial charge in [-0.05, 0) is 44.6 Å². The zero-order valence-electron chi connectivity index (χ0n) is 11.9. The Labute approximate surface area is 119 Å². The van der Waals surface area contributed by atoms with Gasteiger partial charge in [0.1, 0.15) is 0 Å². The molecule has 6 nitrogen and oxygen atoms in total. The van der Waals surface area contributed by atoms with Gasteiger partial charge in [-0.3, -0.25) is 4.79 Å². The van der Waals surface area contributed by atoms with Gasteiger partial charge in [-0.1, -0.05) is 12.1 Å². The van der Waals surface area contributed by atoms with Crippen molar-refractivity contribution in [3.05, 3.63) is 29.8 Å². The van der Waals surface area contributed by atoms with Crippen LogP contribution in [0.3, 0.4) is 0 Å². The smallest absolute Gasteiger partial charge is 0.316 e. The van der Waals surface area contributed by atoms with Crippen LogP contribution in [0.25, 0.3) is 0 Å². The molecule has 0 fully saturated rings. The zero-order valence-corrected chi connectivity index (χ0v) is 11.9. The molecule has 1 aromatic rings. The fraction of sp³-hybridized carbons (Fsp3) is 0.429. The van der Waals surface area contributed by atoms with Crippen molar-refractivity contribution in [2.24, 2.45) is 5.73 Å².